The topological polar surface area (TPSA) is 42.2 Å². The molecule has 0 spiro atoms. The number of pyridine rings is 1. The van der Waals surface area contributed by atoms with Gasteiger partial charge in [-0.2, -0.15) is 0 Å². The minimum absolute atomic E-state index is 0.163. The molecule has 1 unspecified atom stereocenters. The van der Waals surface area contributed by atoms with Crippen molar-refractivity contribution in [2.24, 2.45) is 5.73 Å². The normalized spacial score (nSPS) is 12.6. The molecule has 2 rings (SSSR count). The van der Waals surface area contributed by atoms with E-state index in [1.165, 1.54) is 11.6 Å². The number of likely N-dealkylation sites (N-methyl/N-ethyl adjacent to an activating group) is 1. The zero-order valence-corrected chi connectivity index (χ0v) is 12.7. The van der Waals surface area contributed by atoms with Gasteiger partial charge in [0.2, 0.25) is 0 Å². The Bertz CT molecular complexity index is 577. The lowest BCUT2D eigenvalue weighted by atomic mass is 10.0. The number of rotatable bonds is 6. The fraction of sp³-hybridized carbons (Fsp3) is 0.312. The van der Waals surface area contributed by atoms with E-state index >= 15 is 0 Å². The monoisotopic (exact) mass is 307 g/mol. The summed E-state index contributed by atoms with van der Waals surface area (Å²) in [7, 11) is 1.95. The smallest absolute Gasteiger partial charge is 0.129 e. The summed E-state index contributed by atoms with van der Waals surface area (Å²) in [5.74, 6) is -0.311. The van der Waals surface area contributed by atoms with Crippen molar-refractivity contribution in [1.29, 1.82) is 0 Å². The highest BCUT2D eigenvalue weighted by Gasteiger charge is 2.19. The van der Waals surface area contributed by atoms with E-state index in [2.05, 4.69) is 9.88 Å². The molecule has 2 aromatic rings. The molecule has 5 heteroatoms. The highest BCUT2D eigenvalue weighted by molar-refractivity contribution is 6.30. The predicted molar refractivity (Wildman–Crippen MR) is 83.8 cm³/mol. The van der Waals surface area contributed by atoms with Gasteiger partial charge in [-0.25, -0.2) is 4.39 Å². The van der Waals surface area contributed by atoms with Crippen LogP contribution in [0.1, 0.15) is 17.2 Å². The number of aromatic nitrogens is 1. The summed E-state index contributed by atoms with van der Waals surface area (Å²) in [5.41, 5.74) is 7.61. The third-order valence-electron chi connectivity index (χ3n) is 3.58. The van der Waals surface area contributed by atoms with Crippen LogP contribution in [0.25, 0.3) is 0 Å². The van der Waals surface area contributed by atoms with Gasteiger partial charge < -0.3 is 5.73 Å². The summed E-state index contributed by atoms with van der Waals surface area (Å²) in [6.07, 6.45) is 4.41. The fourth-order valence-corrected chi connectivity index (χ4v) is 2.49. The predicted octanol–water partition coefficient (Wildman–Crippen LogP) is 3.05. The van der Waals surface area contributed by atoms with E-state index in [0.29, 0.717) is 17.1 Å². The Kier molecular flexibility index (Phi) is 5.67. The second-order valence-electron chi connectivity index (χ2n) is 5.00. The first-order valence-corrected chi connectivity index (χ1v) is 7.23. The van der Waals surface area contributed by atoms with Crippen LogP contribution in [-0.4, -0.2) is 30.0 Å². The van der Waals surface area contributed by atoms with E-state index in [0.717, 1.165) is 13.0 Å². The largest absolute Gasteiger partial charge is 0.329 e. The molecule has 0 bridgehead atoms. The van der Waals surface area contributed by atoms with Crippen molar-refractivity contribution in [1.82, 2.24) is 9.88 Å². The molecule has 3 nitrogen and oxygen atoms in total. The van der Waals surface area contributed by atoms with E-state index in [1.807, 2.05) is 19.2 Å². The fourth-order valence-electron chi connectivity index (χ4n) is 2.33. The van der Waals surface area contributed by atoms with Crippen LogP contribution in [0.15, 0.2) is 42.7 Å². The molecular weight excluding hydrogens is 289 g/mol. The highest BCUT2D eigenvalue weighted by atomic mass is 35.5. The molecule has 1 aromatic carbocycles. The Hall–Kier alpha value is -1.49. The molecule has 1 atom stereocenters. The average Bonchev–Trinajstić information content (AvgIpc) is 2.49. The minimum atomic E-state index is -0.311. The maximum absolute atomic E-state index is 14.0. The van der Waals surface area contributed by atoms with Crippen molar-refractivity contribution < 1.29 is 4.39 Å². The quantitative estimate of drug-likeness (QED) is 0.892. The molecule has 0 radical (unpaired) electrons. The first-order valence-electron chi connectivity index (χ1n) is 6.86. The minimum Gasteiger partial charge on any atom is -0.329 e. The van der Waals surface area contributed by atoms with Crippen LogP contribution in [0.3, 0.4) is 0 Å². The Morgan fingerprint density at radius 2 is 2.00 bits per heavy atom. The number of nitrogens with two attached hydrogens (primary N) is 1. The molecule has 0 saturated carbocycles. The summed E-state index contributed by atoms with van der Waals surface area (Å²) < 4.78 is 14.0. The van der Waals surface area contributed by atoms with Crippen LogP contribution in [0.4, 0.5) is 4.39 Å². The molecule has 1 heterocycles. The van der Waals surface area contributed by atoms with Gasteiger partial charge in [0.1, 0.15) is 5.82 Å². The van der Waals surface area contributed by atoms with E-state index in [1.54, 1.807) is 24.5 Å². The van der Waals surface area contributed by atoms with Crippen molar-refractivity contribution in [2.45, 2.75) is 12.5 Å². The Balaban J connectivity index is 2.06. The maximum Gasteiger partial charge on any atom is 0.129 e. The van der Waals surface area contributed by atoms with Crippen molar-refractivity contribution in [2.75, 3.05) is 20.1 Å². The van der Waals surface area contributed by atoms with Crippen LogP contribution in [0.2, 0.25) is 5.02 Å². The van der Waals surface area contributed by atoms with Gasteiger partial charge >= 0.3 is 0 Å². The molecule has 21 heavy (non-hydrogen) atoms. The third-order valence-corrected chi connectivity index (χ3v) is 3.81. The van der Waals surface area contributed by atoms with Crippen LogP contribution < -0.4 is 5.73 Å². The first kappa shape index (κ1) is 15.9. The van der Waals surface area contributed by atoms with Crippen LogP contribution in [0.5, 0.6) is 0 Å². The zero-order valence-electron chi connectivity index (χ0n) is 12.0. The number of nitrogens with zero attached hydrogens (tertiary/aromatic N) is 2. The summed E-state index contributed by atoms with van der Waals surface area (Å²) >= 11 is 5.79. The van der Waals surface area contributed by atoms with Crippen LogP contribution in [-0.2, 0) is 6.42 Å². The second-order valence-corrected chi connectivity index (χ2v) is 5.44. The number of hydrogen-bond donors (Lipinski definition) is 1. The van der Waals surface area contributed by atoms with Crippen LogP contribution >= 0.6 is 11.6 Å². The van der Waals surface area contributed by atoms with Gasteiger partial charge in [-0.05, 0) is 43.3 Å². The zero-order chi connectivity index (χ0) is 15.2. The van der Waals surface area contributed by atoms with Gasteiger partial charge in [0.25, 0.3) is 0 Å². The standard InChI is InChI=1S/C16H19ClFN3/c1-21(9-6-12-4-7-20-8-5-12)16(11-19)14-3-2-13(17)10-15(14)18/h2-5,7-8,10,16H,6,9,11,19H2,1H3. The van der Waals surface area contributed by atoms with Gasteiger partial charge in [0.05, 0.1) is 0 Å². The maximum atomic E-state index is 14.0. The lowest BCUT2D eigenvalue weighted by Gasteiger charge is -2.27. The third kappa shape index (κ3) is 4.24. The summed E-state index contributed by atoms with van der Waals surface area (Å²) in [4.78, 5) is 6.06. The van der Waals surface area contributed by atoms with Crippen molar-refractivity contribution in [3.8, 4) is 0 Å². The molecule has 0 aliphatic carbocycles. The first-order chi connectivity index (χ1) is 10.1. The molecular formula is C16H19ClFN3. The molecule has 1 aromatic heterocycles. The van der Waals surface area contributed by atoms with E-state index in [-0.39, 0.29) is 11.9 Å². The molecule has 0 fully saturated rings. The average molecular weight is 308 g/mol. The second kappa shape index (κ2) is 7.50. The molecule has 2 N–H and O–H groups in total. The lowest BCUT2D eigenvalue weighted by Crippen LogP contribution is -2.32. The van der Waals surface area contributed by atoms with Crippen molar-refractivity contribution >= 4 is 11.6 Å². The van der Waals surface area contributed by atoms with Gasteiger partial charge in [-0.3, -0.25) is 9.88 Å². The van der Waals surface area contributed by atoms with Crippen molar-refractivity contribution in [3.63, 3.8) is 0 Å². The molecule has 0 amide bonds. The van der Waals surface area contributed by atoms with Crippen LogP contribution in [0, 0.1) is 5.82 Å². The van der Waals surface area contributed by atoms with E-state index in [4.69, 9.17) is 17.3 Å². The number of benzene rings is 1. The molecule has 0 aliphatic rings. The summed E-state index contributed by atoms with van der Waals surface area (Å²) in [6.45, 7) is 1.14. The molecule has 112 valence electrons. The Labute approximate surface area is 129 Å². The highest BCUT2D eigenvalue weighted by Crippen LogP contribution is 2.24. The number of halogens is 2. The number of hydrogen-bond acceptors (Lipinski definition) is 3. The van der Waals surface area contributed by atoms with Crippen molar-refractivity contribution in [3.05, 3.63) is 64.7 Å². The van der Waals surface area contributed by atoms with Gasteiger partial charge in [-0.1, -0.05) is 17.7 Å². The van der Waals surface area contributed by atoms with Gasteiger partial charge in [0.15, 0.2) is 0 Å². The van der Waals surface area contributed by atoms with Gasteiger partial charge in [0, 0.05) is 42.1 Å². The molecule has 0 saturated heterocycles. The summed E-state index contributed by atoms with van der Waals surface area (Å²) in [5, 5.41) is 0.395. The van der Waals surface area contributed by atoms with E-state index < -0.39 is 0 Å². The van der Waals surface area contributed by atoms with E-state index in [9.17, 15) is 4.39 Å². The lowest BCUT2D eigenvalue weighted by molar-refractivity contribution is 0.248. The Morgan fingerprint density at radius 1 is 1.29 bits per heavy atom. The van der Waals surface area contributed by atoms with Gasteiger partial charge in [-0.15, -0.1) is 0 Å². The molecule has 0 aliphatic heterocycles. The summed E-state index contributed by atoms with van der Waals surface area (Å²) in [6, 6.07) is 8.53. The SMILES string of the molecule is CN(CCc1ccncc1)C(CN)c1ccc(Cl)cc1F. The Morgan fingerprint density at radius 3 is 2.62 bits per heavy atom.